The molecule has 4 nitrogen and oxygen atoms in total. The van der Waals surface area contributed by atoms with E-state index >= 15 is 0 Å². The van der Waals surface area contributed by atoms with Crippen molar-refractivity contribution >= 4 is 5.78 Å². The van der Waals surface area contributed by atoms with Crippen molar-refractivity contribution in [2.75, 3.05) is 40.0 Å². The maximum absolute atomic E-state index is 12.1. The summed E-state index contributed by atoms with van der Waals surface area (Å²) in [6, 6.07) is 7.71. The van der Waals surface area contributed by atoms with Gasteiger partial charge in [-0.25, -0.2) is 0 Å². The van der Waals surface area contributed by atoms with Crippen molar-refractivity contribution < 1.29 is 14.6 Å². The van der Waals surface area contributed by atoms with Crippen molar-refractivity contribution in [3.05, 3.63) is 35.4 Å². The Hall–Kier alpha value is -1.23. The van der Waals surface area contributed by atoms with Crippen LogP contribution >= 0.6 is 0 Å². The first-order valence-electron chi connectivity index (χ1n) is 6.65. The molecular formula is C15H23NO3. The number of hydrogen-bond donors (Lipinski definition) is 1. The van der Waals surface area contributed by atoms with E-state index in [0.29, 0.717) is 26.2 Å². The normalized spacial score (nSPS) is 10.9. The van der Waals surface area contributed by atoms with Gasteiger partial charge in [-0.2, -0.15) is 0 Å². The number of benzene rings is 1. The summed E-state index contributed by atoms with van der Waals surface area (Å²) >= 11 is 0. The Morgan fingerprint density at radius 2 is 1.95 bits per heavy atom. The molecule has 0 aromatic heterocycles. The maximum Gasteiger partial charge on any atom is 0.176 e. The number of Topliss-reactive ketones (excluding diaryl/α,β-unsaturated/α-hetero) is 1. The highest BCUT2D eigenvalue weighted by atomic mass is 16.5. The van der Waals surface area contributed by atoms with Gasteiger partial charge in [0.15, 0.2) is 5.78 Å². The summed E-state index contributed by atoms with van der Waals surface area (Å²) < 4.78 is 5.00. The highest BCUT2D eigenvalue weighted by Gasteiger charge is 2.12. The molecule has 0 radical (unpaired) electrons. The number of rotatable bonds is 9. The van der Waals surface area contributed by atoms with E-state index in [9.17, 15) is 4.79 Å². The number of nitrogens with zero attached hydrogens (tertiary/aromatic N) is 1. The van der Waals surface area contributed by atoms with Crippen LogP contribution in [0.15, 0.2) is 24.3 Å². The fraction of sp³-hybridized carbons (Fsp3) is 0.533. The number of hydrogen-bond acceptors (Lipinski definition) is 4. The number of carbonyl (C=O) groups is 1. The zero-order valence-corrected chi connectivity index (χ0v) is 11.8. The standard InChI is InChI=1S/C15H23NO3/c1-3-13-4-6-14(7-5-13)15(18)12-16(8-10-17)9-11-19-2/h4-7,17H,3,8-12H2,1-2H3. The minimum atomic E-state index is 0.0474. The molecule has 0 atom stereocenters. The maximum atomic E-state index is 12.1. The predicted molar refractivity (Wildman–Crippen MR) is 75.6 cm³/mol. The van der Waals surface area contributed by atoms with Crippen LogP contribution in [0.4, 0.5) is 0 Å². The lowest BCUT2D eigenvalue weighted by Crippen LogP contribution is -2.35. The van der Waals surface area contributed by atoms with Crippen LogP contribution in [-0.2, 0) is 11.2 Å². The Balaban J connectivity index is 2.58. The number of ether oxygens (including phenoxy) is 1. The van der Waals surface area contributed by atoms with Gasteiger partial charge in [0.05, 0.1) is 19.8 Å². The minimum absolute atomic E-state index is 0.0474. The van der Waals surface area contributed by atoms with Gasteiger partial charge in [0.2, 0.25) is 0 Å². The van der Waals surface area contributed by atoms with Crippen LogP contribution in [0.1, 0.15) is 22.8 Å². The topological polar surface area (TPSA) is 49.8 Å². The molecule has 0 aliphatic rings. The summed E-state index contributed by atoms with van der Waals surface area (Å²) in [4.78, 5) is 14.0. The largest absolute Gasteiger partial charge is 0.395 e. The Labute approximate surface area is 115 Å². The first-order valence-corrected chi connectivity index (χ1v) is 6.65. The van der Waals surface area contributed by atoms with Crippen molar-refractivity contribution in [1.29, 1.82) is 0 Å². The molecule has 106 valence electrons. The molecule has 0 spiro atoms. The fourth-order valence-corrected chi connectivity index (χ4v) is 1.85. The lowest BCUT2D eigenvalue weighted by atomic mass is 10.1. The van der Waals surface area contributed by atoms with Crippen LogP contribution in [0.5, 0.6) is 0 Å². The highest BCUT2D eigenvalue weighted by molar-refractivity contribution is 5.97. The molecule has 4 heteroatoms. The van der Waals surface area contributed by atoms with E-state index in [1.54, 1.807) is 7.11 Å². The molecule has 0 saturated heterocycles. The number of methoxy groups -OCH3 is 1. The van der Waals surface area contributed by atoms with E-state index in [-0.39, 0.29) is 12.4 Å². The molecular weight excluding hydrogens is 242 g/mol. The Morgan fingerprint density at radius 3 is 2.47 bits per heavy atom. The van der Waals surface area contributed by atoms with Gasteiger partial charge in [-0.3, -0.25) is 9.69 Å². The Morgan fingerprint density at radius 1 is 1.26 bits per heavy atom. The number of aliphatic hydroxyl groups excluding tert-OH is 1. The number of ketones is 1. The van der Waals surface area contributed by atoms with Crippen molar-refractivity contribution in [3.8, 4) is 0 Å². The smallest absolute Gasteiger partial charge is 0.176 e. The van der Waals surface area contributed by atoms with Gasteiger partial charge < -0.3 is 9.84 Å². The fourth-order valence-electron chi connectivity index (χ4n) is 1.85. The zero-order chi connectivity index (χ0) is 14.1. The molecule has 0 saturated carbocycles. The van der Waals surface area contributed by atoms with E-state index in [4.69, 9.17) is 9.84 Å². The minimum Gasteiger partial charge on any atom is -0.395 e. The molecule has 0 bridgehead atoms. The van der Waals surface area contributed by atoms with Gasteiger partial charge in [-0.05, 0) is 12.0 Å². The van der Waals surface area contributed by atoms with E-state index < -0.39 is 0 Å². The van der Waals surface area contributed by atoms with Gasteiger partial charge in [0, 0.05) is 25.8 Å². The van der Waals surface area contributed by atoms with Gasteiger partial charge in [-0.15, -0.1) is 0 Å². The second kappa shape index (κ2) is 8.80. The van der Waals surface area contributed by atoms with E-state index in [1.165, 1.54) is 5.56 Å². The average Bonchev–Trinajstić information content (AvgIpc) is 2.45. The number of aliphatic hydroxyl groups is 1. The van der Waals surface area contributed by atoms with Crippen LogP contribution in [0, 0.1) is 0 Å². The first-order chi connectivity index (χ1) is 9.21. The second-order valence-corrected chi connectivity index (χ2v) is 4.47. The number of aryl methyl sites for hydroxylation is 1. The molecule has 1 aromatic carbocycles. The molecule has 0 aliphatic heterocycles. The third-order valence-electron chi connectivity index (χ3n) is 3.08. The van der Waals surface area contributed by atoms with Crippen molar-refractivity contribution in [2.45, 2.75) is 13.3 Å². The van der Waals surface area contributed by atoms with Gasteiger partial charge in [0.1, 0.15) is 0 Å². The monoisotopic (exact) mass is 265 g/mol. The summed E-state index contributed by atoms with van der Waals surface area (Å²) in [6.45, 7) is 4.14. The highest BCUT2D eigenvalue weighted by Crippen LogP contribution is 2.07. The first kappa shape index (κ1) is 15.8. The average molecular weight is 265 g/mol. The zero-order valence-electron chi connectivity index (χ0n) is 11.8. The van der Waals surface area contributed by atoms with Crippen molar-refractivity contribution in [2.24, 2.45) is 0 Å². The van der Waals surface area contributed by atoms with Crippen LogP contribution in [0.25, 0.3) is 0 Å². The van der Waals surface area contributed by atoms with Gasteiger partial charge >= 0.3 is 0 Å². The SMILES string of the molecule is CCc1ccc(C(=O)CN(CCO)CCOC)cc1. The van der Waals surface area contributed by atoms with Gasteiger partial charge in [-0.1, -0.05) is 31.2 Å². The number of carbonyl (C=O) groups excluding carboxylic acids is 1. The molecule has 1 aromatic rings. The lowest BCUT2D eigenvalue weighted by Gasteiger charge is -2.19. The summed E-state index contributed by atoms with van der Waals surface area (Å²) in [5.41, 5.74) is 1.95. The molecule has 1 N–H and O–H groups in total. The Bertz CT molecular complexity index is 375. The molecule has 0 heterocycles. The van der Waals surface area contributed by atoms with E-state index in [2.05, 4.69) is 6.92 Å². The molecule has 19 heavy (non-hydrogen) atoms. The quantitative estimate of drug-likeness (QED) is 0.685. The molecule has 0 amide bonds. The van der Waals surface area contributed by atoms with Crippen molar-refractivity contribution in [3.63, 3.8) is 0 Å². The van der Waals surface area contributed by atoms with Gasteiger partial charge in [0.25, 0.3) is 0 Å². The van der Waals surface area contributed by atoms with Crippen LogP contribution in [0.3, 0.4) is 0 Å². The summed E-state index contributed by atoms with van der Waals surface area (Å²) in [5, 5.41) is 8.99. The van der Waals surface area contributed by atoms with Crippen LogP contribution in [0.2, 0.25) is 0 Å². The predicted octanol–water partition coefficient (Wildman–Crippen LogP) is 1.37. The van der Waals surface area contributed by atoms with Crippen LogP contribution in [-0.4, -0.2) is 55.7 Å². The molecule has 1 rings (SSSR count). The second-order valence-electron chi connectivity index (χ2n) is 4.47. The van der Waals surface area contributed by atoms with Crippen molar-refractivity contribution in [1.82, 2.24) is 4.90 Å². The third-order valence-corrected chi connectivity index (χ3v) is 3.08. The summed E-state index contributed by atoms with van der Waals surface area (Å²) in [6.07, 6.45) is 0.971. The molecule has 0 unspecified atom stereocenters. The molecule has 0 aliphatic carbocycles. The lowest BCUT2D eigenvalue weighted by molar-refractivity contribution is 0.0868. The Kier molecular flexibility index (Phi) is 7.33. The summed E-state index contributed by atoms with van der Waals surface area (Å²) in [7, 11) is 1.63. The van der Waals surface area contributed by atoms with E-state index in [1.807, 2.05) is 29.2 Å². The van der Waals surface area contributed by atoms with E-state index in [0.717, 1.165) is 12.0 Å². The van der Waals surface area contributed by atoms with Crippen LogP contribution < -0.4 is 0 Å². The summed E-state index contributed by atoms with van der Waals surface area (Å²) in [5.74, 6) is 0.0761. The molecule has 0 fully saturated rings. The third kappa shape index (κ3) is 5.51.